The number of ether oxygens (including phenoxy) is 1. The SMILES string of the molecule is CC[C@H](C[N+](=O)[O-])OC(=O)CCC(=O)O. The zero-order valence-electron chi connectivity index (χ0n) is 8.34. The number of carbonyl (C=O) groups is 2. The Hall–Kier alpha value is -1.66. The summed E-state index contributed by atoms with van der Waals surface area (Å²) < 4.78 is 4.72. The minimum absolute atomic E-state index is 0.260. The predicted octanol–water partition coefficient (Wildman–Crippen LogP) is 0.450. The van der Waals surface area contributed by atoms with Gasteiger partial charge in [0, 0.05) is 4.92 Å². The van der Waals surface area contributed by atoms with E-state index >= 15 is 0 Å². The fourth-order valence-electron chi connectivity index (χ4n) is 0.870. The van der Waals surface area contributed by atoms with E-state index in [0.717, 1.165) is 0 Å². The van der Waals surface area contributed by atoms with Crippen molar-refractivity contribution >= 4 is 11.9 Å². The molecular formula is C8H13NO6. The summed E-state index contributed by atoms with van der Waals surface area (Å²) in [5.41, 5.74) is 0. The van der Waals surface area contributed by atoms with Crippen LogP contribution in [0, 0.1) is 10.1 Å². The van der Waals surface area contributed by atoms with Gasteiger partial charge in [0.05, 0.1) is 12.8 Å². The maximum atomic E-state index is 11.0. The number of hydrogen-bond donors (Lipinski definition) is 1. The molecule has 0 saturated carbocycles. The average Bonchev–Trinajstić information content (AvgIpc) is 2.13. The van der Waals surface area contributed by atoms with Gasteiger partial charge in [-0.05, 0) is 6.42 Å². The molecule has 0 aliphatic heterocycles. The Morgan fingerprint density at radius 3 is 2.47 bits per heavy atom. The van der Waals surface area contributed by atoms with Crippen molar-refractivity contribution in [3.05, 3.63) is 10.1 Å². The highest BCUT2D eigenvalue weighted by Gasteiger charge is 2.18. The van der Waals surface area contributed by atoms with Gasteiger partial charge < -0.3 is 9.84 Å². The van der Waals surface area contributed by atoms with Gasteiger partial charge in [-0.3, -0.25) is 19.7 Å². The van der Waals surface area contributed by atoms with E-state index in [0.29, 0.717) is 6.42 Å². The number of nitro groups is 1. The van der Waals surface area contributed by atoms with E-state index in [1.807, 2.05) is 0 Å². The Bertz CT molecular complexity index is 252. The summed E-state index contributed by atoms with van der Waals surface area (Å²) in [7, 11) is 0. The van der Waals surface area contributed by atoms with E-state index in [-0.39, 0.29) is 12.8 Å². The Labute approximate surface area is 86.2 Å². The van der Waals surface area contributed by atoms with Crippen LogP contribution in [0.25, 0.3) is 0 Å². The molecule has 15 heavy (non-hydrogen) atoms. The summed E-state index contributed by atoms with van der Waals surface area (Å²) in [4.78, 5) is 30.7. The molecule has 0 spiro atoms. The van der Waals surface area contributed by atoms with Crippen molar-refractivity contribution in [3.63, 3.8) is 0 Å². The Morgan fingerprint density at radius 1 is 1.47 bits per heavy atom. The van der Waals surface area contributed by atoms with Gasteiger partial charge in [0.2, 0.25) is 6.54 Å². The molecule has 0 aromatic heterocycles. The largest absolute Gasteiger partial charge is 0.481 e. The molecule has 7 heteroatoms. The van der Waals surface area contributed by atoms with Gasteiger partial charge in [0.1, 0.15) is 0 Å². The third-order valence-corrected chi connectivity index (χ3v) is 1.65. The Kier molecular flexibility index (Phi) is 6.00. The summed E-state index contributed by atoms with van der Waals surface area (Å²) in [5, 5.41) is 18.4. The standard InChI is InChI=1S/C8H13NO6/c1-2-6(5-9(13)14)15-8(12)4-3-7(10)11/h6H,2-5H2,1H3,(H,10,11)/t6-/m1/s1. The van der Waals surface area contributed by atoms with Gasteiger partial charge in [-0.15, -0.1) is 0 Å². The molecule has 0 amide bonds. The van der Waals surface area contributed by atoms with Crippen LogP contribution in [-0.2, 0) is 14.3 Å². The van der Waals surface area contributed by atoms with E-state index in [4.69, 9.17) is 9.84 Å². The maximum absolute atomic E-state index is 11.0. The minimum Gasteiger partial charge on any atom is -0.481 e. The number of carboxylic acids is 1. The van der Waals surface area contributed by atoms with Gasteiger partial charge >= 0.3 is 11.9 Å². The summed E-state index contributed by atoms with van der Waals surface area (Å²) in [6.45, 7) is 1.20. The first-order valence-electron chi connectivity index (χ1n) is 4.48. The summed E-state index contributed by atoms with van der Waals surface area (Å²) in [6, 6.07) is 0. The van der Waals surface area contributed by atoms with Crippen LogP contribution >= 0.6 is 0 Å². The van der Waals surface area contributed by atoms with E-state index in [1.165, 1.54) is 0 Å². The molecule has 0 aliphatic rings. The monoisotopic (exact) mass is 219 g/mol. The Balaban J connectivity index is 3.90. The number of esters is 1. The van der Waals surface area contributed by atoms with Crippen molar-refractivity contribution in [2.24, 2.45) is 0 Å². The Morgan fingerprint density at radius 2 is 2.07 bits per heavy atom. The lowest BCUT2D eigenvalue weighted by atomic mass is 10.2. The van der Waals surface area contributed by atoms with Crippen LogP contribution < -0.4 is 0 Å². The minimum atomic E-state index is -1.10. The molecule has 0 unspecified atom stereocenters. The first kappa shape index (κ1) is 13.3. The van der Waals surface area contributed by atoms with E-state index in [9.17, 15) is 19.7 Å². The van der Waals surface area contributed by atoms with Crippen molar-refractivity contribution in [1.82, 2.24) is 0 Å². The molecule has 0 aliphatic carbocycles. The van der Waals surface area contributed by atoms with Crippen LogP contribution in [0.4, 0.5) is 0 Å². The molecule has 7 nitrogen and oxygen atoms in total. The van der Waals surface area contributed by atoms with Crippen LogP contribution in [-0.4, -0.2) is 34.6 Å². The summed E-state index contributed by atoms with van der Waals surface area (Å²) in [5.74, 6) is -1.82. The van der Waals surface area contributed by atoms with Crippen molar-refractivity contribution in [3.8, 4) is 0 Å². The molecule has 0 rings (SSSR count). The second kappa shape index (κ2) is 6.74. The average molecular weight is 219 g/mol. The van der Waals surface area contributed by atoms with Crippen LogP contribution in [0.3, 0.4) is 0 Å². The van der Waals surface area contributed by atoms with Crippen molar-refractivity contribution < 1.29 is 24.4 Å². The highest BCUT2D eigenvalue weighted by atomic mass is 16.6. The lowest BCUT2D eigenvalue weighted by Crippen LogP contribution is -2.25. The molecule has 0 heterocycles. The van der Waals surface area contributed by atoms with E-state index in [1.54, 1.807) is 6.92 Å². The number of nitrogens with zero attached hydrogens (tertiary/aromatic N) is 1. The first-order chi connectivity index (χ1) is 6.95. The third kappa shape index (κ3) is 7.41. The molecule has 0 radical (unpaired) electrons. The number of carbonyl (C=O) groups excluding carboxylic acids is 1. The highest BCUT2D eigenvalue weighted by Crippen LogP contribution is 2.02. The molecule has 86 valence electrons. The normalized spacial score (nSPS) is 11.8. The fraction of sp³-hybridized carbons (Fsp3) is 0.750. The van der Waals surface area contributed by atoms with Crippen LogP contribution in [0.5, 0.6) is 0 Å². The fourth-order valence-corrected chi connectivity index (χ4v) is 0.870. The molecular weight excluding hydrogens is 206 g/mol. The number of aliphatic carboxylic acids is 1. The van der Waals surface area contributed by atoms with Crippen LogP contribution in [0.15, 0.2) is 0 Å². The summed E-state index contributed by atoms with van der Waals surface area (Å²) in [6.07, 6.45) is -1.03. The molecule has 0 aromatic carbocycles. The molecule has 0 bridgehead atoms. The molecule has 1 atom stereocenters. The smallest absolute Gasteiger partial charge is 0.306 e. The van der Waals surface area contributed by atoms with Crippen LogP contribution in [0.1, 0.15) is 26.2 Å². The number of rotatable bonds is 7. The van der Waals surface area contributed by atoms with E-state index in [2.05, 4.69) is 0 Å². The van der Waals surface area contributed by atoms with Gasteiger partial charge in [-0.25, -0.2) is 0 Å². The zero-order valence-corrected chi connectivity index (χ0v) is 8.34. The lowest BCUT2D eigenvalue weighted by molar-refractivity contribution is -0.490. The van der Waals surface area contributed by atoms with Crippen molar-refractivity contribution in [2.45, 2.75) is 32.3 Å². The second-order valence-corrected chi connectivity index (χ2v) is 2.93. The van der Waals surface area contributed by atoms with Crippen LogP contribution in [0.2, 0.25) is 0 Å². The van der Waals surface area contributed by atoms with Gasteiger partial charge in [0.15, 0.2) is 6.10 Å². The van der Waals surface area contributed by atoms with Crippen molar-refractivity contribution in [2.75, 3.05) is 6.54 Å². The van der Waals surface area contributed by atoms with Crippen molar-refractivity contribution in [1.29, 1.82) is 0 Å². The quantitative estimate of drug-likeness (QED) is 0.378. The topological polar surface area (TPSA) is 107 Å². The van der Waals surface area contributed by atoms with E-state index < -0.39 is 29.5 Å². The lowest BCUT2D eigenvalue weighted by Gasteiger charge is -2.11. The van der Waals surface area contributed by atoms with Gasteiger partial charge in [0.25, 0.3) is 0 Å². The zero-order chi connectivity index (χ0) is 11.8. The molecule has 0 fully saturated rings. The first-order valence-corrected chi connectivity index (χ1v) is 4.48. The number of carboxylic acid groups (broad SMARTS) is 1. The molecule has 1 N–H and O–H groups in total. The highest BCUT2D eigenvalue weighted by molar-refractivity contribution is 5.76. The third-order valence-electron chi connectivity index (χ3n) is 1.65. The second-order valence-electron chi connectivity index (χ2n) is 2.93. The molecule has 0 aromatic rings. The summed E-state index contributed by atoms with van der Waals surface area (Å²) >= 11 is 0. The molecule has 0 saturated heterocycles. The van der Waals surface area contributed by atoms with Gasteiger partial charge in [-0.1, -0.05) is 6.92 Å². The van der Waals surface area contributed by atoms with Gasteiger partial charge in [-0.2, -0.15) is 0 Å². The predicted molar refractivity (Wildman–Crippen MR) is 48.9 cm³/mol. The maximum Gasteiger partial charge on any atom is 0.306 e. The number of hydrogen-bond acceptors (Lipinski definition) is 5.